The Morgan fingerprint density at radius 3 is 1.89 bits per heavy atom. The first-order chi connectivity index (χ1) is 8.92. The van der Waals surface area contributed by atoms with E-state index in [0.717, 1.165) is 11.3 Å². The molecule has 5 nitrogen and oxygen atoms in total. The van der Waals surface area contributed by atoms with Crippen LogP contribution >= 0.6 is 0 Å². The zero-order valence-electron chi connectivity index (χ0n) is 10.2. The van der Waals surface area contributed by atoms with Crippen LogP contribution in [0.5, 0.6) is 5.75 Å². The average molecular weight is 282 g/mol. The molecule has 2 rings (SSSR count). The molecule has 0 atom stereocenters. The maximum absolute atomic E-state index is 8.74. The van der Waals surface area contributed by atoms with E-state index >= 15 is 0 Å². The Morgan fingerprint density at radius 1 is 0.895 bits per heavy atom. The van der Waals surface area contributed by atoms with Gasteiger partial charge < -0.3 is 4.74 Å². The predicted molar refractivity (Wildman–Crippen MR) is 72.6 cm³/mol. The van der Waals surface area contributed by atoms with Gasteiger partial charge in [0.25, 0.3) is 0 Å². The van der Waals surface area contributed by atoms with Crippen molar-refractivity contribution >= 4 is 10.4 Å². The standard InChI is InChI=1S/C13H12O.H2O4S/c1-14-13-10-6-5-9-12(13)11-7-3-2-4-8-11;1-5(2,3)4/h2-10H,1H3;(H2,1,2,3,4). The summed E-state index contributed by atoms with van der Waals surface area (Å²) in [6.45, 7) is 0. The van der Waals surface area contributed by atoms with E-state index in [-0.39, 0.29) is 0 Å². The van der Waals surface area contributed by atoms with Crippen LogP contribution in [0.2, 0.25) is 0 Å². The van der Waals surface area contributed by atoms with Gasteiger partial charge in [-0.1, -0.05) is 48.5 Å². The van der Waals surface area contributed by atoms with Crippen LogP contribution in [-0.2, 0) is 10.4 Å². The molecule has 19 heavy (non-hydrogen) atoms. The lowest BCUT2D eigenvalue weighted by atomic mass is 10.1. The molecule has 2 aromatic carbocycles. The van der Waals surface area contributed by atoms with Crippen molar-refractivity contribution in [3.63, 3.8) is 0 Å². The van der Waals surface area contributed by atoms with Crippen molar-refractivity contribution in [2.45, 2.75) is 0 Å². The van der Waals surface area contributed by atoms with Crippen molar-refractivity contribution in [1.82, 2.24) is 0 Å². The van der Waals surface area contributed by atoms with Crippen LogP contribution in [0.4, 0.5) is 0 Å². The highest BCUT2D eigenvalue weighted by Gasteiger charge is 2.02. The molecule has 102 valence electrons. The summed E-state index contributed by atoms with van der Waals surface area (Å²) in [6, 6.07) is 18.3. The molecular weight excluding hydrogens is 268 g/mol. The normalized spacial score (nSPS) is 10.3. The lowest BCUT2D eigenvalue weighted by Crippen LogP contribution is -1.89. The highest BCUT2D eigenvalue weighted by atomic mass is 32.3. The smallest absolute Gasteiger partial charge is 0.394 e. The van der Waals surface area contributed by atoms with Crippen LogP contribution in [0.15, 0.2) is 54.6 Å². The number of hydrogen-bond donors (Lipinski definition) is 2. The van der Waals surface area contributed by atoms with Gasteiger partial charge in [0.05, 0.1) is 7.11 Å². The third-order valence-electron chi connectivity index (χ3n) is 2.19. The van der Waals surface area contributed by atoms with E-state index in [1.165, 1.54) is 5.56 Å². The maximum Gasteiger partial charge on any atom is 0.394 e. The zero-order chi connectivity index (χ0) is 14.3. The highest BCUT2D eigenvalue weighted by Crippen LogP contribution is 2.28. The minimum absolute atomic E-state index is 0.915. The lowest BCUT2D eigenvalue weighted by molar-refractivity contribution is 0.381. The van der Waals surface area contributed by atoms with Gasteiger partial charge in [-0.05, 0) is 11.6 Å². The number of methoxy groups -OCH3 is 1. The van der Waals surface area contributed by atoms with Crippen LogP contribution in [0, 0.1) is 0 Å². The first-order valence-electron chi connectivity index (χ1n) is 5.30. The quantitative estimate of drug-likeness (QED) is 0.827. The van der Waals surface area contributed by atoms with Gasteiger partial charge in [0.1, 0.15) is 5.75 Å². The van der Waals surface area contributed by atoms with Gasteiger partial charge in [-0.25, -0.2) is 0 Å². The van der Waals surface area contributed by atoms with Crippen LogP contribution in [0.25, 0.3) is 11.1 Å². The van der Waals surface area contributed by atoms with Gasteiger partial charge in [-0.15, -0.1) is 0 Å². The molecule has 0 aliphatic heterocycles. The number of hydrogen-bond acceptors (Lipinski definition) is 3. The minimum Gasteiger partial charge on any atom is -0.496 e. The number of para-hydroxylation sites is 1. The Labute approximate surface area is 112 Å². The van der Waals surface area contributed by atoms with Gasteiger partial charge in [0.15, 0.2) is 0 Å². The van der Waals surface area contributed by atoms with Crippen molar-refractivity contribution in [2.24, 2.45) is 0 Å². The second kappa shape index (κ2) is 6.89. The molecule has 0 unspecified atom stereocenters. The molecule has 0 aliphatic rings. The van der Waals surface area contributed by atoms with E-state index < -0.39 is 10.4 Å². The van der Waals surface area contributed by atoms with Gasteiger partial charge in [-0.3, -0.25) is 9.11 Å². The fourth-order valence-electron chi connectivity index (χ4n) is 1.50. The van der Waals surface area contributed by atoms with Crippen molar-refractivity contribution in [2.75, 3.05) is 7.11 Å². The predicted octanol–water partition coefficient (Wildman–Crippen LogP) is 2.71. The van der Waals surface area contributed by atoms with Crippen LogP contribution in [0.1, 0.15) is 0 Å². The minimum atomic E-state index is -4.67. The first kappa shape index (κ1) is 15.2. The van der Waals surface area contributed by atoms with Crippen molar-refractivity contribution in [3.05, 3.63) is 54.6 Å². The van der Waals surface area contributed by atoms with Crippen LogP contribution in [0.3, 0.4) is 0 Å². The van der Waals surface area contributed by atoms with Gasteiger partial charge >= 0.3 is 10.4 Å². The Kier molecular flexibility index (Phi) is 5.50. The fourth-order valence-corrected chi connectivity index (χ4v) is 1.50. The maximum atomic E-state index is 8.74. The van der Waals surface area contributed by atoms with Gasteiger partial charge in [-0.2, -0.15) is 8.42 Å². The molecule has 2 N–H and O–H groups in total. The average Bonchev–Trinajstić information content (AvgIpc) is 2.38. The third kappa shape index (κ3) is 6.01. The summed E-state index contributed by atoms with van der Waals surface area (Å²) in [7, 11) is -2.97. The van der Waals surface area contributed by atoms with Gasteiger partial charge in [0.2, 0.25) is 0 Å². The largest absolute Gasteiger partial charge is 0.496 e. The Bertz CT molecular complexity index is 600. The first-order valence-corrected chi connectivity index (χ1v) is 6.70. The van der Waals surface area contributed by atoms with Gasteiger partial charge in [0, 0.05) is 5.56 Å². The van der Waals surface area contributed by atoms with E-state index in [4.69, 9.17) is 22.3 Å². The fraction of sp³-hybridized carbons (Fsp3) is 0.0769. The van der Waals surface area contributed by atoms with Crippen LogP contribution < -0.4 is 4.74 Å². The monoisotopic (exact) mass is 282 g/mol. The molecule has 0 bridgehead atoms. The van der Waals surface area contributed by atoms with Crippen molar-refractivity contribution in [1.29, 1.82) is 0 Å². The zero-order valence-corrected chi connectivity index (χ0v) is 11.0. The summed E-state index contributed by atoms with van der Waals surface area (Å²) in [6.07, 6.45) is 0. The third-order valence-corrected chi connectivity index (χ3v) is 2.19. The van der Waals surface area contributed by atoms with E-state index in [2.05, 4.69) is 18.2 Å². The molecule has 0 saturated carbocycles. The molecule has 2 aromatic rings. The second-order valence-electron chi connectivity index (χ2n) is 3.51. The molecule has 0 aromatic heterocycles. The van der Waals surface area contributed by atoms with E-state index in [0.29, 0.717) is 0 Å². The lowest BCUT2D eigenvalue weighted by Gasteiger charge is -2.07. The number of benzene rings is 2. The summed E-state index contributed by atoms with van der Waals surface area (Å²) < 4.78 is 36.9. The van der Waals surface area contributed by atoms with Crippen molar-refractivity contribution < 1.29 is 22.3 Å². The molecular formula is C13H14O5S. The summed E-state index contributed by atoms with van der Waals surface area (Å²) >= 11 is 0. The van der Waals surface area contributed by atoms with E-state index in [1.807, 2.05) is 36.4 Å². The summed E-state index contributed by atoms with van der Waals surface area (Å²) in [5.41, 5.74) is 2.32. The van der Waals surface area contributed by atoms with Crippen molar-refractivity contribution in [3.8, 4) is 16.9 Å². The summed E-state index contributed by atoms with van der Waals surface area (Å²) in [5, 5.41) is 0. The molecule has 0 saturated heterocycles. The topological polar surface area (TPSA) is 83.8 Å². The Morgan fingerprint density at radius 2 is 1.37 bits per heavy atom. The number of rotatable bonds is 2. The Balaban J connectivity index is 0.000000312. The molecule has 0 fully saturated rings. The number of ether oxygens (including phenoxy) is 1. The molecule has 6 heteroatoms. The molecule has 0 aliphatic carbocycles. The summed E-state index contributed by atoms with van der Waals surface area (Å²) in [5.74, 6) is 0.915. The highest BCUT2D eigenvalue weighted by molar-refractivity contribution is 7.79. The molecule has 0 heterocycles. The second-order valence-corrected chi connectivity index (χ2v) is 4.41. The molecule has 0 radical (unpaired) electrons. The Hall–Kier alpha value is -1.89. The van der Waals surface area contributed by atoms with E-state index in [9.17, 15) is 0 Å². The van der Waals surface area contributed by atoms with Crippen LogP contribution in [-0.4, -0.2) is 24.6 Å². The summed E-state index contributed by atoms with van der Waals surface area (Å²) in [4.78, 5) is 0. The molecule has 0 amide bonds. The van der Waals surface area contributed by atoms with E-state index in [1.54, 1.807) is 7.11 Å². The SMILES string of the molecule is COc1ccccc1-c1ccccc1.O=S(=O)(O)O. The molecule has 0 spiro atoms.